The fourth-order valence-electron chi connectivity index (χ4n) is 4.91. The van der Waals surface area contributed by atoms with Crippen LogP contribution in [0.4, 0.5) is 0 Å². The lowest BCUT2D eigenvalue weighted by Crippen LogP contribution is -2.52. The zero-order valence-corrected chi connectivity index (χ0v) is 23.3. The van der Waals surface area contributed by atoms with Crippen molar-refractivity contribution in [3.63, 3.8) is 0 Å². The normalized spacial score (nSPS) is 21.2. The monoisotopic (exact) mass is 563 g/mol. The minimum Gasteiger partial charge on any atom is -0.491 e. The van der Waals surface area contributed by atoms with Gasteiger partial charge in [-0.25, -0.2) is 0 Å². The molecule has 0 bridgehead atoms. The number of nitrogens with one attached hydrogen (secondary N) is 1. The fourth-order valence-corrected chi connectivity index (χ4v) is 4.91. The van der Waals surface area contributed by atoms with Crippen LogP contribution in [0.2, 0.25) is 0 Å². The molecule has 1 aromatic rings. The van der Waals surface area contributed by atoms with E-state index in [0.717, 1.165) is 25.1 Å². The highest BCUT2D eigenvalue weighted by Crippen LogP contribution is 2.30. The summed E-state index contributed by atoms with van der Waals surface area (Å²) < 4.78 is 33.6. The van der Waals surface area contributed by atoms with E-state index in [1.807, 2.05) is 6.07 Å². The van der Waals surface area contributed by atoms with Gasteiger partial charge in [0.2, 0.25) is 11.8 Å². The molecule has 0 aliphatic carbocycles. The summed E-state index contributed by atoms with van der Waals surface area (Å²) in [5.41, 5.74) is 1.36. The first-order valence-corrected chi connectivity index (χ1v) is 14.0. The van der Waals surface area contributed by atoms with Crippen LogP contribution >= 0.6 is 0 Å². The number of benzene rings is 1. The first kappa shape index (κ1) is 30.4. The maximum Gasteiger partial charge on any atom is 0.255 e. The van der Waals surface area contributed by atoms with Crippen molar-refractivity contribution in [2.75, 3.05) is 86.2 Å². The van der Waals surface area contributed by atoms with Crippen molar-refractivity contribution in [1.82, 2.24) is 15.1 Å². The second-order valence-corrected chi connectivity index (χ2v) is 10.1. The number of hydrogen-bond acceptors (Lipinski definition) is 10. The van der Waals surface area contributed by atoms with Crippen LogP contribution in [0.25, 0.3) is 0 Å². The van der Waals surface area contributed by atoms with Crippen molar-refractivity contribution >= 4 is 17.7 Å². The highest BCUT2D eigenvalue weighted by atomic mass is 16.6. The molecule has 12 nitrogen and oxygen atoms in total. The van der Waals surface area contributed by atoms with E-state index in [1.54, 1.807) is 12.1 Å². The SMILES string of the molecule is CN1CC[C@@H](OCCOCCOCCOCCOCCOc2ccc3c(c2)C(=O)N(C2CCC(=O)NC2=O)C3)C1. The van der Waals surface area contributed by atoms with Gasteiger partial charge in [0.15, 0.2) is 0 Å². The number of fused-ring (bicyclic) bond motifs is 1. The van der Waals surface area contributed by atoms with Crippen molar-refractivity contribution < 1.29 is 42.8 Å². The van der Waals surface area contributed by atoms with Gasteiger partial charge in [0.05, 0.1) is 65.6 Å². The van der Waals surface area contributed by atoms with Crippen LogP contribution in [0.15, 0.2) is 18.2 Å². The van der Waals surface area contributed by atoms with Gasteiger partial charge in [-0.2, -0.15) is 0 Å². The number of rotatable bonds is 18. The summed E-state index contributed by atoms with van der Waals surface area (Å²) in [6.45, 7) is 7.27. The van der Waals surface area contributed by atoms with Crippen LogP contribution in [0, 0.1) is 0 Å². The maximum absolute atomic E-state index is 12.9. The molecule has 2 saturated heterocycles. The van der Waals surface area contributed by atoms with E-state index in [0.29, 0.717) is 96.5 Å². The highest BCUT2D eigenvalue weighted by Gasteiger charge is 2.39. The number of ether oxygens (including phenoxy) is 6. The van der Waals surface area contributed by atoms with Gasteiger partial charge >= 0.3 is 0 Å². The molecule has 0 spiro atoms. The average Bonchev–Trinajstić information content (AvgIpc) is 3.50. The maximum atomic E-state index is 12.9. The van der Waals surface area contributed by atoms with Gasteiger partial charge in [-0.05, 0) is 37.6 Å². The van der Waals surface area contributed by atoms with E-state index >= 15 is 0 Å². The van der Waals surface area contributed by atoms with Gasteiger partial charge in [-0.1, -0.05) is 6.07 Å². The van der Waals surface area contributed by atoms with Crippen LogP contribution in [-0.2, 0) is 39.8 Å². The van der Waals surface area contributed by atoms with Crippen molar-refractivity contribution in [3.05, 3.63) is 29.3 Å². The molecule has 12 heteroatoms. The Bertz CT molecular complexity index is 992. The Hall–Kier alpha value is -2.61. The van der Waals surface area contributed by atoms with E-state index in [9.17, 15) is 14.4 Å². The first-order chi connectivity index (χ1) is 19.5. The molecule has 40 heavy (non-hydrogen) atoms. The molecule has 2 fully saturated rings. The number of hydrogen-bond donors (Lipinski definition) is 1. The smallest absolute Gasteiger partial charge is 0.255 e. The number of likely N-dealkylation sites (N-methyl/N-ethyl adjacent to an activating group) is 1. The molecule has 0 aromatic heterocycles. The third kappa shape index (κ3) is 9.22. The zero-order valence-electron chi connectivity index (χ0n) is 23.3. The first-order valence-electron chi connectivity index (χ1n) is 14.0. The number of nitrogens with zero attached hydrogens (tertiary/aromatic N) is 2. The number of imide groups is 1. The lowest BCUT2D eigenvalue weighted by Gasteiger charge is -2.29. The second kappa shape index (κ2) is 16.0. The summed E-state index contributed by atoms with van der Waals surface area (Å²) in [4.78, 5) is 40.3. The molecule has 0 radical (unpaired) electrons. The molecule has 1 N–H and O–H groups in total. The Morgan fingerprint density at radius 1 is 0.850 bits per heavy atom. The number of carbonyl (C=O) groups is 3. The number of likely N-dealkylation sites (tertiary alicyclic amines) is 1. The summed E-state index contributed by atoms with van der Waals surface area (Å²) in [6, 6.07) is 4.71. The molecule has 3 aliphatic rings. The zero-order chi connectivity index (χ0) is 28.2. The average molecular weight is 564 g/mol. The van der Waals surface area contributed by atoms with E-state index in [4.69, 9.17) is 28.4 Å². The molecular weight excluding hydrogens is 522 g/mol. The molecule has 222 valence electrons. The third-order valence-corrected chi connectivity index (χ3v) is 7.04. The van der Waals surface area contributed by atoms with E-state index in [1.165, 1.54) is 4.90 Å². The Balaban J connectivity index is 0.961. The highest BCUT2D eigenvalue weighted by molar-refractivity contribution is 6.05. The van der Waals surface area contributed by atoms with Gasteiger partial charge in [-0.3, -0.25) is 19.7 Å². The van der Waals surface area contributed by atoms with Gasteiger partial charge in [-0.15, -0.1) is 0 Å². The summed E-state index contributed by atoms with van der Waals surface area (Å²) in [6.07, 6.45) is 1.99. The van der Waals surface area contributed by atoms with Gasteiger partial charge in [0, 0.05) is 31.6 Å². The molecule has 3 aliphatic heterocycles. The molecule has 3 heterocycles. The van der Waals surface area contributed by atoms with Crippen LogP contribution in [0.3, 0.4) is 0 Å². The molecule has 4 rings (SSSR count). The number of piperidine rings is 1. The predicted molar refractivity (Wildman–Crippen MR) is 143 cm³/mol. The Morgan fingerprint density at radius 2 is 1.50 bits per heavy atom. The van der Waals surface area contributed by atoms with E-state index in [2.05, 4.69) is 17.3 Å². The molecular formula is C28H41N3O9. The van der Waals surface area contributed by atoms with Crippen LogP contribution in [0.5, 0.6) is 5.75 Å². The lowest BCUT2D eigenvalue weighted by atomic mass is 10.0. The number of amides is 3. The molecule has 1 unspecified atom stereocenters. The summed E-state index contributed by atoms with van der Waals surface area (Å²) in [7, 11) is 2.11. The Morgan fingerprint density at radius 3 is 2.12 bits per heavy atom. The van der Waals surface area contributed by atoms with Crippen LogP contribution in [0.1, 0.15) is 35.2 Å². The van der Waals surface area contributed by atoms with Crippen molar-refractivity contribution in [3.8, 4) is 5.75 Å². The van der Waals surface area contributed by atoms with E-state index in [-0.39, 0.29) is 18.2 Å². The standard InChI is InChI=1S/C28H41N3O9/c1-30-7-6-23(20-30)40-17-15-38-13-11-36-9-8-35-10-12-37-14-16-39-22-3-2-21-19-31(28(34)24(21)18-22)25-4-5-26(32)29-27(25)33/h2-3,18,23,25H,4-17,19-20H2,1H3,(H,29,32,33)/t23-,25?/m1/s1. The van der Waals surface area contributed by atoms with Crippen molar-refractivity contribution in [2.24, 2.45) is 0 Å². The summed E-state index contributed by atoms with van der Waals surface area (Å²) in [5, 5.41) is 2.31. The lowest BCUT2D eigenvalue weighted by molar-refractivity contribution is -0.136. The quantitative estimate of drug-likeness (QED) is 0.201. The molecule has 3 amide bonds. The number of carbonyl (C=O) groups excluding carboxylic acids is 3. The van der Waals surface area contributed by atoms with Gasteiger partial charge < -0.3 is 38.2 Å². The molecule has 2 atom stereocenters. The largest absolute Gasteiger partial charge is 0.491 e. The van der Waals surface area contributed by atoms with Crippen molar-refractivity contribution in [2.45, 2.75) is 38.0 Å². The van der Waals surface area contributed by atoms with Crippen LogP contribution < -0.4 is 10.1 Å². The summed E-state index contributed by atoms with van der Waals surface area (Å²) >= 11 is 0. The predicted octanol–water partition coefficient (Wildman–Crippen LogP) is 0.614. The molecule has 1 aromatic carbocycles. The van der Waals surface area contributed by atoms with Gasteiger partial charge in [0.25, 0.3) is 5.91 Å². The van der Waals surface area contributed by atoms with Gasteiger partial charge in [0.1, 0.15) is 18.4 Å². The second-order valence-electron chi connectivity index (χ2n) is 10.1. The topological polar surface area (TPSA) is 125 Å². The Kier molecular flexibility index (Phi) is 12.1. The van der Waals surface area contributed by atoms with Crippen LogP contribution in [-0.4, -0.2) is 126 Å². The molecule has 0 saturated carbocycles. The Labute approximate surface area is 235 Å². The van der Waals surface area contributed by atoms with Crippen molar-refractivity contribution in [1.29, 1.82) is 0 Å². The summed E-state index contributed by atoms with van der Waals surface area (Å²) in [5.74, 6) is -0.382. The minimum atomic E-state index is -0.627. The fraction of sp³-hybridized carbons (Fsp3) is 0.679. The van der Waals surface area contributed by atoms with E-state index < -0.39 is 11.9 Å². The third-order valence-electron chi connectivity index (χ3n) is 7.04. The minimum absolute atomic E-state index is 0.225.